The van der Waals surface area contributed by atoms with Gasteiger partial charge in [0.25, 0.3) is 0 Å². The van der Waals surface area contributed by atoms with Crippen molar-refractivity contribution >= 4 is 5.91 Å². The van der Waals surface area contributed by atoms with Crippen LogP contribution in [0.15, 0.2) is 24.3 Å². The maximum atomic E-state index is 13.6. The SMILES string of the molecule is COCCNCCNC(=O)CC(C)c1ccccc1F. The highest BCUT2D eigenvalue weighted by molar-refractivity contribution is 5.76. The number of hydrogen-bond acceptors (Lipinski definition) is 3. The lowest BCUT2D eigenvalue weighted by Gasteiger charge is -2.13. The Bertz CT molecular complexity index is 413. The summed E-state index contributed by atoms with van der Waals surface area (Å²) in [6, 6.07) is 6.58. The van der Waals surface area contributed by atoms with Gasteiger partial charge in [0, 0.05) is 33.2 Å². The van der Waals surface area contributed by atoms with Crippen LogP contribution in [0.3, 0.4) is 0 Å². The molecule has 1 unspecified atom stereocenters. The van der Waals surface area contributed by atoms with Gasteiger partial charge in [0.15, 0.2) is 0 Å². The molecule has 0 saturated carbocycles. The normalized spacial score (nSPS) is 12.2. The molecule has 2 N–H and O–H groups in total. The van der Waals surface area contributed by atoms with E-state index in [2.05, 4.69) is 10.6 Å². The average Bonchev–Trinajstić information content (AvgIpc) is 2.43. The van der Waals surface area contributed by atoms with E-state index in [1.807, 2.05) is 6.92 Å². The Kier molecular flexibility index (Phi) is 7.84. The minimum absolute atomic E-state index is 0.0608. The smallest absolute Gasteiger partial charge is 0.220 e. The number of amides is 1. The first-order chi connectivity index (χ1) is 9.65. The molecule has 0 aliphatic heterocycles. The first kappa shape index (κ1) is 16.6. The van der Waals surface area contributed by atoms with Gasteiger partial charge in [0.2, 0.25) is 5.91 Å². The molecule has 0 aliphatic carbocycles. The molecule has 5 heteroatoms. The quantitative estimate of drug-likeness (QED) is 0.677. The Morgan fingerprint density at radius 3 is 2.75 bits per heavy atom. The molecule has 1 amide bonds. The Morgan fingerprint density at radius 1 is 1.30 bits per heavy atom. The van der Waals surface area contributed by atoms with Crippen LogP contribution in [-0.4, -0.2) is 39.3 Å². The number of rotatable bonds is 9. The van der Waals surface area contributed by atoms with E-state index in [0.29, 0.717) is 31.7 Å². The van der Waals surface area contributed by atoms with Crippen LogP contribution < -0.4 is 10.6 Å². The van der Waals surface area contributed by atoms with Crippen molar-refractivity contribution in [2.24, 2.45) is 0 Å². The number of benzene rings is 1. The van der Waals surface area contributed by atoms with Crippen LogP contribution in [0, 0.1) is 5.82 Å². The van der Waals surface area contributed by atoms with Crippen LogP contribution in [-0.2, 0) is 9.53 Å². The molecule has 20 heavy (non-hydrogen) atoms. The zero-order valence-corrected chi connectivity index (χ0v) is 12.1. The molecular formula is C15H23FN2O2. The monoisotopic (exact) mass is 282 g/mol. The van der Waals surface area contributed by atoms with Crippen molar-refractivity contribution in [3.05, 3.63) is 35.6 Å². The molecule has 4 nitrogen and oxygen atoms in total. The maximum absolute atomic E-state index is 13.6. The minimum Gasteiger partial charge on any atom is -0.383 e. The van der Waals surface area contributed by atoms with Gasteiger partial charge in [0.1, 0.15) is 5.82 Å². The van der Waals surface area contributed by atoms with E-state index in [1.54, 1.807) is 25.3 Å². The maximum Gasteiger partial charge on any atom is 0.220 e. The highest BCUT2D eigenvalue weighted by atomic mass is 19.1. The Hall–Kier alpha value is -1.46. The number of carbonyl (C=O) groups is 1. The van der Waals surface area contributed by atoms with Gasteiger partial charge in [-0.3, -0.25) is 4.79 Å². The molecule has 0 bridgehead atoms. The third-order valence-electron chi connectivity index (χ3n) is 3.03. The number of halogens is 1. The second-order valence-electron chi connectivity index (χ2n) is 4.72. The van der Waals surface area contributed by atoms with Crippen molar-refractivity contribution < 1.29 is 13.9 Å². The summed E-state index contributed by atoms with van der Waals surface area (Å²) in [6.07, 6.45) is 0.291. The fourth-order valence-corrected chi connectivity index (χ4v) is 1.92. The van der Waals surface area contributed by atoms with Crippen LogP contribution in [0.1, 0.15) is 24.8 Å². The van der Waals surface area contributed by atoms with Crippen molar-refractivity contribution in [2.45, 2.75) is 19.3 Å². The molecule has 0 aromatic heterocycles. The van der Waals surface area contributed by atoms with Crippen molar-refractivity contribution in [1.29, 1.82) is 0 Å². The van der Waals surface area contributed by atoms with Gasteiger partial charge in [0.05, 0.1) is 6.61 Å². The number of ether oxygens (including phenoxy) is 1. The van der Waals surface area contributed by atoms with E-state index in [-0.39, 0.29) is 17.6 Å². The number of nitrogens with one attached hydrogen (secondary N) is 2. The van der Waals surface area contributed by atoms with Crippen LogP contribution >= 0.6 is 0 Å². The lowest BCUT2D eigenvalue weighted by Crippen LogP contribution is -2.33. The molecule has 0 aliphatic rings. The van der Waals surface area contributed by atoms with Gasteiger partial charge in [-0.1, -0.05) is 25.1 Å². The average molecular weight is 282 g/mol. The first-order valence-corrected chi connectivity index (χ1v) is 6.86. The Balaban J connectivity index is 2.23. The molecule has 0 fully saturated rings. The van der Waals surface area contributed by atoms with Crippen molar-refractivity contribution in [1.82, 2.24) is 10.6 Å². The van der Waals surface area contributed by atoms with E-state index in [0.717, 1.165) is 6.54 Å². The van der Waals surface area contributed by atoms with Crippen molar-refractivity contribution in [2.75, 3.05) is 33.4 Å². The van der Waals surface area contributed by atoms with Gasteiger partial charge in [-0.05, 0) is 17.5 Å². The second-order valence-corrected chi connectivity index (χ2v) is 4.72. The summed E-state index contributed by atoms with van der Waals surface area (Å²) in [6.45, 7) is 4.53. The molecular weight excluding hydrogens is 259 g/mol. The van der Waals surface area contributed by atoms with Gasteiger partial charge >= 0.3 is 0 Å². The van der Waals surface area contributed by atoms with E-state index in [1.165, 1.54) is 6.07 Å². The third kappa shape index (κ3) is 6.12. The Labute approximate surface area is 119 Å². The van der Waals surface area contributed by atoms with E-state index < -0.39 is 0 Å². The summed E-state index contributed by atoms with van der Waals surface area (Å²) in [5, 5.41) is 5.95. The van der Waals surface area contributed by atoms with Gasteiger partial charge in [-0.15, -0.1) is 0 Å². The topological polar surface area (TPSA) is 50.4 Å². The summed E-state index contributed by atoms with van der Waals surface area (Å²) in [7, 11) is 1.65. The lowest BCUT2D eigenvalue weighted by molar-refractivity contribution is -0.121. The van der Waals surface area contributed by atoms with E-state index >= 15 is 0 Å². The number of methoxy groups -OCH3 is 1. The summed E-state index contributed by atoms with van der Waals surface area (Å²) in [4.78, 5) is 11.7. The fraction of sp³-hybridized carbons (Fsp3) is 0.533. The summed E-state index contributed by atoms with van der Waals surface area (Å²) in [5.41, 5.74) is 0.584. The van der Waals surface area contributed by atoms with Crippen LogP contribution in [0.5, 0.6) is 0 Å². The van der Waals surface area contributed by atoms with Gasteiger partial charge in [-0.2, -0.15) is 0 Å². The highest BCUT2D eigenvalue weighted by Crippen LogP contribution is 2.21. The molecule has 0 spiro atoms. The standard InChI is InChI=1S/C15H23FN2O2/c1-12(13-5-3-4-6-14(13)16)11-15(19)18-8-7-17-9-10-20-2/h3-6,12,17H,7-11H2,1-2H3,(H,18,19). The molecule has 1 rings (SSSR count). The van der Waals surface area contributed by atoms with Gasteiger partial charge in [-0.25, -0.2) is 4.39 Å². The van der Waals surface area contributed by atoms with Crippen LogP contribution in [0.25, 0.3) is 0 Å². The summed E-state index contributed by atoms with van der Waals surface area (Å²) >= 11 is 0. The Morgan fingerprint density at radius 2 is 2.05 bits per heavy atom. The zero-order valence-electron chi connectivity index (χ0n) is 12.1. The van der Waals surface area contributed by atoms with Crippen LogP contribution in [0.2, 0.25) is 0 Å². The highest BCUT2D eigenvalue weighted by Gasteiger charge is 2.13. The largest absolute Gasteiger partial charge is 0.383 e. The number of carbonyl (C=O) groups excluding carboxylic acids is 1. The first-order valence-electron chi connectivity index (χ1n) is 6.86. The summed E-state index contributed by atoms with van der Waals surface area (Å²) < 4.78 is 18.5. The van der Waals surface area contributed by atoms with Crippen LogP contribution in [0.4, 0.5) is 4.39 Å². The molecule has 0 heterocycles. The molecule has 112 valence electrons. The molecule has 1 aromatic rings. The minimum atomic E-state index is -0.256. The predicted molar refractivity (Wildman–Crippen MR) is 77.2 cm³/mol. The third-order valence-corrected chi connectivity index (χ3v) is 3.03. The second kappa shape index (κ2) is 9.44. The van der Waals surface area contributed by atoms with E-state index in [4.69, 9.17) is 4.74 Å². The zero-order chi connectivity index (χ0) is 14.8. The van der Waals surface area contributed by atoms with Crippen molar-refractivity contribution in [3.8, 4) is 0 Å². The number of hydrogen-bond donors (Lipinski definition) is 2. The molecule has 1 atom stereocenters. The molecule has 1 aromatic carbocycles. The summed E-state index contributed by atoms with van der Waals surface area (Å²) in [5.74, 6) is -0.444. The molecule has 0 saturated heterocycles. The predicted octanol–water partition coefficient (Wildman–Crippen LogP) is 1.67. The molecule has 0 radical (unpaired) electrons. The van der Waals surface area contributed by atoms with Gasteiger partial charge < -0.3 is 15.4 Å². The van der Waals surface area contributed by atoms with Crippen molar-refractivity contribution in [3.63, 3.8) is 0 Å². The van der Waals surface area contributed by atoms with E-state index in [9.17, 15) is 9.18 Å². The lowest BCUT2D eigenvalue weighted by atomic mass is 9.97. The fourth-order valence-electron chi connectivity index (χ4n) is 1.92.